The molecule has 0 aromatic heterocycles. The van der Waals surface area contributed by atoms with Gasteiger partial charge in [0, 0.05) is 9.80 Å². The Morgan fingerprint density at radius 1 is 1.05 bits per heavy atom. The number of benzene rings is 2. The van der Waals surface area contributed by atoms with Gasteiger partial charge in [-0.15, -0.1) is 0 Å². The normalized spacial score (nSPS) is 12.2. The zero-order valence-electron chi connectivity index (χ0n) is 11.5. The average molecular weight is 398 g/mol. The molecule has 0 N–H and O–H groups in total. The van der Waals surface area contributed by atoms with E-state index in [0.717, 1.165) is 23.9 Å². The van der Waals surface area contributed by atoms with Crippen LogP contribution in [0.1, 0.15) is 11.1 Å². The van der Waals surface area contributed by atoms with Crippen LogP contribution in [-0.2, 0) is 12.8 Å². The van der Waals surface area contributed by atoms with Crippen molar-refractivity contribution in [2.75, 3.05) is 12.4 Å². The molecular weight excluding hydrogens is 380 g/mol. The molecule has 106 valence electrons. The summed E-state index contributed by atoms with van der Waals surface area (Å²) in [6.07, 6.45) is 2.10. The molecule has 1 unspecified atom stereocenters. The van der Waals surface area contributed by atoms with Crippen LogP contribution in [0.4, 0.5) is 0 Å². The fourth-order valence-corrected chi connectivity index (χ4v) is 3.19. The third-order valence-electron chi connectivity index (χ3n) is 3.34. The van der Waals surface area contributed by atoms with Gasteiger partial charge in [0.25, 0.3) is 0 Å². The lowest BCUT2D eigenvalue weighted by Gasteiger charge is -2.15. The van der Waals surface area contributed by atoms with E-state index in [0.29, 0.717) is 5.92 Å². The second kappa shape index (κ2) is 7.84. The van der Waals surface area contributed by atoms with E-state index in [1.807, 2.05) is 6.07 Å². The summed E-state index contributed by atoms with van der Waals surface area (Å²) in [5, 5.41) is 0.992. The zero-order chi connectivity index (χ0) is 14.4. The molecule has 0 heterocycles. The molecule has 1 nitrogen and oxygen atoms in total. The number of hydrogen-bond acceptors (Lipinski definition) is 1. The van der Waals surface area contributed by atoms with E-state index < -0.39 is 0 Å². The Bertz CT molecular complexity index is 554. The molecule has 20 heavy (non-hydrogen) atoms. The van der Waals surface area contributed by atoms with Gasteiger partial charge in [-0.25, -0.2) is 0 Å². The van der Waals surface area contributed by atoms with Crippen molar-refractivity contribution in [2.45, 2.75) is 12.8 Å². The number of methoxy groups -OCH3 is 1. The van der Waals surface area contributed by atoms with Gasteiger partial charge in [0.1, 0.15) is 5.75 Å². The van der Waals surface area contributed by atoms with E-state index in [9.17, 15) is 0 Å². The second-order valence-corrected chi connectivity index (χ2v) is 6.37. The van der Waals surface area contributed by atoms with Crippen LogP contribution in [0.5, 0.6) is 5.75 Å². The van der Waals surface area contributed by atoms with Crippen molar-refractivity contribution in [2.24, 2.45) is 5.92 Å². The van der Waals surface area contributed by atoms with Gasteiger partial charge in [0.2, 0.25) is 0 Å². The number of alkyl halides is 1. The van der Waals surface area contributed by atoms with Crippen LogP contribution in [0.3, 0.4) is 0 Å². The lowest BCUT2D eigenvalue weighted by molar-refractivity contribution is 0.414. The highest BCUT2D eigenvalue weighted by Crippen LogP contribution is 2.24. The molecule has 2 aromatic carbocycles. The maximum atomic E-state index is 5.29. The maximum Gasteiger partial charge on any atom is 0.119 e. The molecule has 0 saturated carbocycles. The minimum absolute atomic E-state index is 0.570. The molecule has 0 aliphatic carbocycles. The summed E-state index contributed by atoms with van der Waals surface area (Å²) >= 11 is 7.27. The van der Waals surface area contributed by atoms with E-state index in [1.54, 1.807) is 7.11 Å². The molecule has 0 spiro atoms. The Hall–Kier alpha value is -0.800. The number of ether oxygens (including phenoxy) is 1. The first kappa shape index (κ1) is 15.6. The molecule has 1 atom stereocenters. The molecule has 3 heteroatoms. The smallest absolute Gasteiger partial charge is 0.119 e. The van der Waals surface area contributed by atoms with E-state index in [4.69, 9.17) is 4.74 Å². The number of hydrogen-bond donors (Lipinski definition) is 0. The summed E-state index contributed by atoms with van der Waals surface area (Å²) in [5.74, 6) is 1.50. The van der Waals surface area contributed by atoms with Gasteiger partial charge in [-0.05, 0) is 48.1 Å². The monoisotopic (exact) mass is 396 g/mol. The average Bonchev–Trinajstić information content (AvgIpc) is 2.49. The third kappa shape index (κ3) is 4.35. The maximum absolute atomic E-state index is 5.29. The molecule has 0 fully saturated rings. The van der Waals surface area contributed by atoms with Crippen LogP contribution in [-0.4, -0.2) is 12.4 Å². The quantitative estimate of drug-likeness (QED) is 0.604. The van der Waals surface area contributed by atoms with Gasteiger partial charge in [-0.1, -0.05) is 62.2 Å². The summed E-state index contributed by atoms with van der Waals surface area (Å²) in [6, 6.07) is 16.8. The minimum atomic E-state index is 0.570. The van der Waals surface area contributed by atoms with Gasteiger partial charge < -0.3 is 4.74 Å². The zero-order valence-corrected chi connectivity index (χ0v) is 14.7. The fourth-order valence-electron chi connectivity index (χ4n) is 2.29. The van der Waals surface area contributed by atoms with Crippen molar-refractivity contribution in [1.29, 1.82) is 0 Å². The minimum Gasteiger partial charge on any atom is -0.497 e. The van der Waals surface area contributed by atoms with Gasteiger partial charge in [-0.3, -0.25) is 0 Å². The Morgan fingerprint density at radius 3 is 2.55 bits per heavy atom. The van der Waals surface area contributed by atoms with E-state index in [1.165, 1.54) is 15.6 Å². The molecule has 0 radical (unpaired) electrons. The Kier molecular flexibility index (Phi) is 6.11. The van der Waals surface area contributed by atoms with Crippen molar-refractivity contribution in [1.82, 2.24) is 0 Å². The first-order valence-corrected chi connectivity index (χ1v) is 8.56. The number of rotatable bonds is 6. The van der Waals surface area contributed by atoms with Gasteiger partial charge >= 0.3 is 0 Å². The van der Waals surface area contributed by atoms with Crippen LogP contribution in [0.2, 0.25) is 0 Å². The number of halogens is 2. The molecule has 0 bridgehead atoms. The SMILES string of the molecule is COc1cccc(CC(CBr)Cc2ccccc2Br)c1. The van der Waals surface area contributed by atoms with Gasteiger partial charge in [-0.2, -0.15) is 0 Å². The molecule has 2 aromatic rings. The van der Waals surface area contributed by atoms with E-state index in [2.05, 4.69) is 74.3 Å². The highest BCUT2D eigenvalue weighted by atomic mass is 79.9. The van der Waals surface area contributed by atoms with Crippen LogP contribution in [0.25, 0.3) is 0 Å². The second-order valence-electron chi connectivity index (χ2n) is 4.87. The lowest BCUT2D eigenvalue weighted by Crippen LogP contribution is -2.10. The van der Waals surface area contributed by atoms with Crippen molar-refractivity contribution in [3.8, 4) is 5.75 Å². The fraction of sp³-hybridized carbons (Fsp3) is 0.294. The summed E-state index contributed by atoms with van der Waals surface area (Å²) in [7, 11) is 1.71. The molecule has 0 aliphatic heterocycles. The standard InChI is InChI=1S/C17H18Br2O/c1-20-16-7-4-5-13(11-16)9-14(12-18)10-15-6-2-3-8-17(15)19/h2-8,11,14H,9-10,12H2,1H3. The van der Waals surface area contributed by atoms with Crippen molar-refractivity contribution >= 4 is 31.9 Å². The summed E-state index contributed by atoms with van der Waals surface area (Å²) in [4.78, 5) is 0. The van der Waals surface area contributed by atoms with Crippen LogP contribution >= 0.6 is 31.9 Å². The van der Waals surface area contributed by atoms with E-state index in [-0.39, 0.29) is 0 Å². The Balaban J connectivity index is 2.07. The highest BCUT2D eigenvalue weighted by Gasteiger charge is 2.11. The van der Waals surface area contributed by atoms with Crippen LogP contribution in [0, 0.1) is 5.92 Å². The predicted molar refractivity (Wildman–Crippen MR) is 91.8 cm³/mol. The molecule has 0 saturated heterocycles. The molecule has 2 rings (SSSR count). The summed E-state index contributed by atoms with van der Waals surface area (Å²) in [5.41, 5.74) is 2.68. The summed E-state index contributed by atoms with van der Waals surface area (Å²) < 4.78 is 6.48. The van der Waals surface area contributed by atoms with Crippen molar-refractivity contribution < 1.29 is 4.74 Å². The molecule has 0 aliphatic rings. The van der Waals surface area contributed by atoms with Crippen molar-refractivity contribution in [3.05, 3.63) is 64.1 Å². The van der Waals surface area contributed by atoms with Crippen molar-refractivity contribution in [3.63, 3.8) is 0 Å². The third-order valence-corrected chi connectivity index (χ3v) is 5.03. The van der Waals surface area contributed by atoms with Gasteiger partial charge in [0.15, 0.2) is 0 Å². The lowest BCUT2D eigenvalue weighted by atomic mass is 9.94. The largest absolute Gasteiger partial charge is 0.497 e. The van der Waals surface area contributed by atoms with Crippen LogP contribution in [0.15, 0.2) is 53.0 Å². The highest BCUT2D eigenvalue weighted by molar-refractivity contribution is 9.10. The van der Waals surface area contributed by atoms with Gasteiger partial charge in [0.05, 0.1) is 7.11 Å². The Labute approximate surface area is 137 Å². The topological polar surface area (TPSA) is 9.23 Å². The first-order valence-electron chi connectivity index (χ1n) is 6.65. The Morgan fingerprint density at radius 2 is 1.85 bits per heavy atom. The molecule has 0 amide bonds. The predicted octanol–water partition coefficient (Wildman–Crippen LogP) is 5.25. The first-order chi connectivity index (χ1) is 9.72. The molecular formula is C17H18Br2O. The summed E-state index contributed by atoms with van der Waals surface area (Å²) in [6.45, 7) is 0. The van der Waals surface area contributed by atoms with E-state index >= 15 is 0 Å². The van der Waals surface area contributed by atoms with Crippen LogP contribution < -0.4 is 4.74 Å².